The van der Waals surface area contributed by atoms with Gasteiger partial charge in [-0.25, -0.2) is 10.2 Å². The summed E-state index contributed by atoms with van der Waals surface area (Å²) >= 11 is 0. The Hall–Kier alpha value is -4.46. The minimum atomic E-state index is -1.09. The molecule has 0 atom stereocenters. The number of rotatable bonds is 6. The van der Waals surface area contributed by atoms with Crippen LogP contribution in [0.5, 0.6) is 0 Å². The summed E-state index contributed by atoms with van der Waals surface area (Å²) in [6, 6.07) is 17.4. The van der Waals surface area contributed by atoms with E-state index in [4.69, 9.17) is 0 Å². The lowest BCUT2D eigenvalue weighted by atomic mass is 10.1. The molecule has 3 aromatic carbocycles. The van der Waals surface area contributed by atoms with Crippen molar-refractivity contribution in [2.75, 3.05) is 10.6 Å². The summed E-state index contributed by atoms with van der Waals surface area (Å²) in [5.74, 6) is -2.91. The van der Waals surface area contributed by atoms with Crippen LogP contribution in [0, 0.1) is 20.8 Å². The molecule has 0 aliphatic carbocycles. The predicted octanol–water partition coefficient (Wildman–Crippen LogP) is 4.14. The first kappa shape index (κ1) is 23.2. The normalized spacial score (nSPS) is 10.6. The number of benzene rings is 3. The second kappa shape index (κ2) is 10.2. The van der Waals surface area contributed by atoms with Crippen molar-refractivity contribution in [2.45, 2.75) is 20.8 Å². The maximum Gasteiger partial charge on any atom is 0.335 e. The Bertz CT molecular complexity index is 1250. The minimum Gasteiger partial charge on any atom is -0.478 e. The summed E-state index contributed by atoms with van der Waals surface area (Å²) in [4.78, 5) is 35.7. The van der Waals surface area contributed by atoms with Crippen LogP contribution in [0.25, 0.3) is 0 Å². The van der Waals surface area contributed by atoms with Gasteiger partial charge < -0.3 is 15.7 Å². The number of amides is 2. The van der Waals surface area contributed by atoms with E-state index in [1.54, 1.807) is 18.2 Å². The maximum atomic E-state index is 12.2. The highest BCUT2D eigenvalue weighted by Crippen LogP contribution is 2.23. The van der Waals surface area contributed by atoms with Gasteiger partial charge in [0.2, 0.25) is 0 Å². The van der Waals surface area contributed by atoms with Crippen LogP contribution in [0.2, 0.25) is 0 Å². The van der Waals surface area contributed by atoms with E-state index >= 15 is 0 Å². The van der Waals surface area contributed by atoms with Crippen LogP contribution in [0.3, 0.4) is 0 Å². The van der Waals surface area contributed by atoms with E-state index in [0.717, 1.165) is 22.4 Å². The first-order valence-electron chi connectivity index (χ1n) is 10.2. The minimum absolute atomic E-state index is 0.0607. The lowest BCUT2D eigenvalue weighted by Gasteiger charge is -2.12. The van der Waals surface area contributed by atoms with Gasteiger partial charge in [-0.1, -0.05) is 24.3 Å². The number of nitrogens with one attached hydrogen (secondary N) is 3. The molecule has 0 unspecified atom stereocenters. The van der Waals surface area contributed by atoms with Gasteiger partial charge in [-0.2, -0.15) is 5.10 Å². The van der Waals surface area contributed by atoms with Crippen LogP contribution in [-0.4, -0.2) is 29.1 Å². The standard InChI is InChI=1S/C25H24N4O4/c1-15-8-10-20(12-17(15)3)27-23(30)24(31)29-26-14-19-13-18(25(32)33)9-11-22(19)28-21-7-5-4-6-16(21)2/h4-14,28H,1-3H3,(H,27,30)(H,29,31)(H,32,33)/b26-14-. The molecule has 33 heavy (non-hydrogen) atoms. The summed E-state index contributed by atoms with van der Waals surface area (Å²) in [5.41, 5.74) is 7.64. The van der Waals surface area contributed by atoms with Crippen LogP contribution in [0.15, 0.2) is 65.8 Å². The van der Waals surface area contributed by atoms with Gasteiger partial charge in [0.25, 0.3) is 0 Å². The monoisotopic (exact) mass is 444 g/mol. The highest BCUT2D eigenvalue weighted by Gasteiger charge is 2.14. The Morgan fingerprint density at radius 1 is 0.818 bits per heavy atom. The fourth-order valence-electron chi connectivity index (χ4n) is 2.99. The van der Waals surface area contributed by atoms with Gasteiger partial charge in [0, 0.05) is 22.6 Å². The van der Waals surface area contributed by atoms with Crippen molar-refractivity contribution in [1.29, 1.82) is 0 Å². The molecule has 0 heterocycles. The molecule has 0 saturated carbocycles. The number of hydrogen-bond acceptors (Lipinski definition) is 5. The number of carbonyl (C=O) groups is 3. The van der Waals surface area contributed by atoms with Crippen LogP contribution < -0.4 is 16.1 Å². The van der Waals surface area contributed by atoms with Gasteiger partial charge >= 0.3 is 17.8 Å². The number of nitrogens with zero attached hydrogens (tertiary/aromatic N) is 1. The third-order valence-corrected chi connectivity index (χ3v) is 5.05. The second-order valence-electron chi connectivity index (χ2n) is 7.50. The zero-order valence-electron chi connectivity index (χ0n) is 18.5. The predicted molar refractivity (Wildman–Crippen MR) is 128 cm³/mol. The largest absolute Gasteiger partial charge is 0.478 e. The number of carboxylic acid groups (broad SMARTS) is 1. The average Bonchev–Trinajstić information content (AvgIpc) is 2.78. The third-order valence-electron chi connectivity index (χ3n) is 5.05. The molecule has 0 saturated heterocycles. The number of carbonyl (C=O) groups excluding carboxylic acids is 2. The molecule has 8 heteroatoms. The van der Waals surface area contributed by atoms with E-state index in [9.17, 15) is 19.5 Å². The zero-order chi connectivity index (χ0) is 24.0. The fourth-order valence-corrected chi connectivity index (χ4v) is 2.99. The van der Waals surface area contributed by atoms with E-state index in [0.29, 0.717) is 16.9 Å². The van der Waals surface area contributed by atoms with Crippen molar-refractivity contribution in [3.05, 3.63) is 88.5 Å². The molecule has 168 valence electrons. The van der Waals surface area contributed by atoms with E-state index < -0.39 is 17.8 Å². The Morgan fingerprint density at radius 2 is 1.58 bits per heavy atom. The second-order valence-corrected chi connectivity index (χ2v) is 7.50. The van der Waals surface area contributed by atoms with E-state index in [1.165, 1.54) is 18.3 Å². The van der Waals surface area contributed by atoms with Gasteiger partial charge in [-0.3, -0.25) is 9.59 Å². The first-order chi connectivity index (χ1) is 15.7. The average molecular weight is 444 g/mol. The van der Waals surface area contributed by atoms with Gasteiger partial charge in [0.1, 0.15) is 0 Å². The third kappa shape index (κ3) is 6.04. The Balaban J connectivity index is 1.74. The summed E-state index contributed by atoms with van der Waals surface area (Å²) in [7, 11) is 0. The van der Waals surface area contributed by atoms with Crippen LogP contribution in [0.4, 0.5) is 17.1 Å². The molecule has 3 aromatic rings. The molecule has 0 bridgehead atoms. The van der Waals surface area contributed by atoms with Crippen LogP contribution in [0.1, 0.15) is 32.6 Å². The molecular weight excluding hydrogens is 420 g/mol. The van der Waals surface area contributed by atoms with Crippen molar-refractivity contribution in [2.24, 2.45) is 5.10 Å². The Labute approximate surface area is 191 Å². The maximum absolute atomic E-state index is 12.2. The van der Waals surface area contributed by atoms with Gasteiger partial charge in [0.05, 0.1) is 11.8 Å². The summed E-state index contributed by atoms with van der Waals surface area (Å²) in [6.45, 7) is 5.79. The quantitative estimate of drug-likeness (QED) is 0.259. The lowest BCUT2D eigenvalue weighted by molar-refractivity contribution is -0.136. The van der Waals surface area contributed by atoms with E-state index in [-0.39, 0.29) is 5.56 Å². The van der Waals surface area contributed by atoms with Crippen molar-refractivity contribution >= 4 is 41.1 Å². The molecule has 2 amide bonds. The molecule has 0 aliphatic rings. The Morgan fingerprint density at radius 3 is 2.27 bits per heavy atom. The van der Waals surface area contributed by atoms with Crippen molar-refractivity contribution in [1.82, 2.24) is 5.43 Å². The lowest BCUT2D eigenvalue weighted by Crippen LogP contribution is -2.32. The summed E-state index contributed by atoms with van der Waals surface area (Å²) < 4.78 is 0. The van der Waals surface area contributed by atoms with E-state index in [1.807, 2.05) is 51.1 Å². The molecule has 0 fully saturated rings. The van der Waals surface area contributed by atoms with Crippen LogP contribution >= 0.6 is 0 Å². The van der Waals surface area contributed by atoms with Gasteiger partial charge in [0.15, 0.2) is 0 Å². The van der Waals surface area contributed by atoms with Crippen LogP contribution in [-0.2, 0) is 9.59 Å². The van der Waals surface area contributed by atoms with Gasteiger partial charge in [-0.05, 0) is 73.9 Å². The number of hydrazone groups is 1. The van der Waals surface area contributed by atoms with E-state index in [2.05, 4.69) is 21.2 Å². The number of hydrogen-bond donors (Lipinski definition) is 4. The number of aryl methyl sites for hydroxylation is 3. The van der Waals surface area contributed by atoms with Crippen molar-refractivity contribution in [3.63, 3.8) is 0 Å². The molecule has 0 aliphatic heterocycles. The molecule has 3 rings (SSSR count). The molecule has 4 N–H and O–H groups in total. The highest BCUT2D eigenvalue weighted by atomic mass is 16.4. The Kier molecular flexibility index (Phi) is 7.20. The zero-order valence-corrected chi connectivity index (χ0v) is 18.5. The summed E-state index contributed by atoms with van der Waals surface area (Å²) in [5, 5.41) is 18.9. The molecule has 0 aromatic heterocycles. The number of carboxylic acids is 1. The number of anilines is 3. The topological polar surface area (TPSA) is 120 Å². The highest BCUT2D eigenvalue weighted by molar-refractivity contribution is 6.39. The molecular formula is C25H24N4O4. The molecule has 0 radical (unpaired) electrons. The number of aromatic carboxylic acids is 1. The molecule has 0 spiro atoms. The number of para-hydroxylation sites is 1. The van der Waals surface area contributed by atoms with Gasteiger partial charge in [-0.15, -0.1) is 0 Å². The molecule has 8 nitrogen and oxygen atoms in total. The SMILES string of the molecule is Cc1ccc(NC(=O)C(=O)N/N=C\c2cc(C(=O)O)ccc2Nc2ccccc2C)cc1C. The first-order valence-corrected chi connectivity index (χ1v) is 10.2. The fraction of sp³-hybridized carbons (Fsp3) is 0.120. The van der Waals surface area contributed by atoms with Crippen molar-refractivity contribution in [3.8, 4) is 0 Å². The smallest absolute Gasteiger partial charge is 0.335 e. The van der Waals surface area contributed by atoms with Crippen molar-refractivity contribution < 1.29 is 19.5 Å². The summed E-state index contributed by atoms with van der Waals surface area (Å²) in [6.07, 6.45) is 1.29.